The molecule has 0 spiro atoms. The van der Waals surface area contributed by atoms with Gasteiger partial charge in [0, 0.05) is 13.0 Å². The Kier molecular flexibility index (Phi) is 6.10. The van der Waals surface area contributed by atoms with Crippen molar-refractivity contribution in [2.75, 3.05) is 17.2 Å². The zero-order chi connectivity index (χ0) is 24.5. The average molecular weight is 463 g/mol. The number of carbonyl (C=O) groups is 2. The van der Waals surface area contributed by atoms with Crippen molar-refractivity contribution in [1.29, 1.82) is 0 Å². The molecule has 0 bridgehead atoms. The van der Waals surface area contributed by atoms with Crippen LogP contribution in [0.4, 0.5) is 11.5 Å². The number of cyclic esters (lactones) is 1. The van der Waals surface area contributed by atoms with Gasteiger partial charge in [0.1, 0.15) is 5.82 Å². The summed E-state index contributed by atoms with van der Waals surface area (Å²) in [5.74, 6) is -1.32. The van der Waals surface area contributed by atoms with Crippen LogP contribution >= 0.6 is 0 Å². The lowest BCUT2D eigenvalue weighted by Crippen LogP contribution is -2.55. The third-order valence-electron chi connectivity index (χ3n) is 5.90. The van der Waals surface area contributed by atoms with Crippen LogP contribution in [0.25, 0.3) is 0 Å². The van der Waals surface area contributed by atoms with E-state index in [9.17, 15) is 19.2 Å². The smallest absolute Gasteiger partial charge is 0.339 e. The summed E-state index contributed by atoms with van der Waals surface area (Å²) < 4.78 is 6.80. The van der Waals surface area contributed by atoms with E-state index in [0.29, 0.717) is 17.5 Å². The summed E-state index contributed by atoms with van der Waals surface area (Å²) in [6.07, 6.45) is 0.651. The minimum atomic E-state index is -1.54. The zero-order valence-electron chi connectivity index (χ0n) is 19.0. The van der Waals surface area contributed by atoms with Crippen molar-refractivity contribution in [3.63, 3.8) is 0 Å². The van der Waals surface area contributed by atoms with Crippen LogP contribution in [0.15, 0.2) is 64.2 Å². The number of hydrogen-bond acceptors (Lipinski definition) is 6. The van der Waals surface area contributed by atoms with E-state index in [4.69, 9.17) is 10.5 Å². The Bertz CT molecular complexity index is 1360. The van der Waals surface area contributed by atoms with Crippen LogP contribution in [-0.4, -0.2) is 33.6 Å². The van der Waals surface area contributed by atoms with Gasteiger partial charge in [0.25, 0.3) is 11.5 Å². The van der Waals surface area contributed by atoms with E-state index in [-0.39, 0.29) is 31.0 Å². The molecule has 9 nitrogen and oxygen atoms in total. The lowest BCUT2D eigenvalue weighted by atomic mass is 9.88. The Balaban J connectivity index is 1.77. The molecule has 3 aromatic rings. The molecule has 0 saturated carbocycles. The number of nitrogens with two attached hydrogens (primary N) is 1. The number of nitrogen functional groups attached to an aromatic ring is 1. The number of hydrogen-bond donors (Lipinski definition) is 2. The van der Waals surface area contributed by atoms with Crippen LogP contribution in [0.1, 0.15) is 41.8 Å². The molecule has 4 rings (SSSR count). The third kappa shape index (κ3) is 4.12. The normalized spacial score (nSPS) is 17.1. The van der Waals surface area contributed by atoms with Crippen LogP contribution < -0.4 is 21.9 Å². The molecule has 1 aromatic heterocycles. The third-order valence-corrected chi connectivity index (χ3v) is 5.90. The van der Waals surface area contributed by atoms with E-state index in [1.807, 2.05) is 37.3 Å². The number of rotatable bonds is 6. The quantitative estimate of drug-likeness (QED) is 0.540. The summed E-state index contributed by atoms with van der Waals surface area (Å²) in [6.45, 7) is 3.62. The van der Waals surface area contributed by atoms with Gasteiger partial charge in [-0.15, -0.1) is 0 Å². The highest BCUT2D eigenvalue weighted by Crippen LogP contribution is 2.31. The SMILES string of the molecule is CCCN(C(=O)C1(C)Cc2ccccc2C(=O)O1)c1c(N)n(Cc2ccccc2)c(=O)[nH]c1=O. The number of anilines is 2. The minimum absolute atomic E-state index is 0.114. The number of aromatic nitrogens is 2. The molecule has 9 heteroatoms. The van der Waals surface area contributed by atoms with Crippen molar-refractivity contribution in [2.24, 2.45) is 0 Å². The van der Waals surface area contributed by atoms with Crippen LogP contribution in [0.2, 0.25) is 0 Å². The second-order valence-electron chi connectivity index (χ2n) is 8.48. The van der Waals surface area contributed by atoms with Crippen LogP contribution in [0.5, 0.6) is 0 Å². The van der Waals surface area contributed by atoms with Crippen molar-refractivity contribution in [1.82, 2.24) is 9.55 Å². The summed E-state index contributed by atoms with van der Waals surface area (Å²) in [4.78, 5) is 55.3. The first-order valence-corrected chi connectivity index (χ1v) is 11.0. The van der Waals surface area contributed by atoms with Gasteiger partial charge in [-0.3, -0.25) is 19.1 Å². The number of nitrogens with zero attached hydrogens (tertiary/aromatic N) is 2. The maximum Gasteiger partial charge on any atom is 0.339 e. The van der Waals surface area contributed by atoms with Crippen LogP contribution in [-0.2, 0) is 22.5 Å². The molecule has 1 amide bonds. The lowest BCUT2D eigenvalue weighted by molar-refractivity contribution is -0.136. The van der Waals surface area contributed by atoms with Gasteiger partial charge in [-0.2, -0.15) is 0 Å². The molecule has 1 aliphatic heterocycles. The molecule has 0 radical (unpaired) electrons. The summed E-state index contributed by atoms with van der Waals surface area (Å²) in [6, 6.07) is 16.1. The van der Waals surface area contributed by atoms with Gasteiger partial charge in [-0.1, -0.05) is 55.5 Å². The zero-order valence-corrected chi connectivity index (χ0v) is 19.0. The Hall–Kier alpha value is -4.14. The highest BCUT2D eigenvalue weighted by molar-refractivity contribution is 6.04. The predicted molar refractivity (Wildman–Crippen MR) is 128 cm³/mol. The van der Waals surface area contributed by atoms with Crippen molar-refractivity contribution in [2.45, 2.75) is 38.8 Å². The molecule has 34 heavy (non-hydrogen) atoms. The van der Waals surface area contributed by atoms with Gasteiger partial charge in [-0.25, -0.2) is 9.59 Å². The Labute approximate surface area is 195 Å². The standard InChI is InChI=1S/C25H26N4O5/c1-3-13-28(23(32)25(2)14-17-11-7-8-12-18(17)22(31)34-25)19-20(26)29(24(33)27-21(19)30)15-16-9-5-4-6-10-16/h4-12H,3,13-15,26H2,1-2H3,(H,27,30,33). The molecule has 2 aromatic carbocycles. The Morgan fingerprint density at radius 2 is 1.79 bits per heavy atom. The maximum atomic E-state index is 13.8. The number of fused-ring (bicyclic) bond motifs is 1. The first kappa shape index (κ1) is 23.0. The van der Waals surface area contributed by atoms with Crippen molar-refractivity contribution >= 4 is 23.4 Å². The summed E-state index contributed by atoms with van der Waals surface area (Å²) in [5.41, 5.74) is 5.07. The van der Waals surface area contributed by atoms with Crippen molar-refractivity contribution in [3.8, 4) is 0 Å². The number of carbonyl (C=O) groups excluding carboxylic acids is 2. The second-order valence-corrected chi connectivity index (χ2v) is 8.48. The molecule has 1 aliphatic rings. The first-order chi connectivity index (χ1) is 16.2. The van der Waals surface area contributed by atoms with Gasteiger partial charge in [0.15, 0.2) is 11.3 Å². The van der Waals surface area contributed by atoms with Gasteiger partial charge in [0.05, 0.1) is 12.1 Å². The number of amides is 1. The van der Waals surface area contributed by atoms with Gasteiger partial charge >= 0.3 is 11.7 Å². The van der Waals surface area contributed by atoms with E-state index >= 15 is 0 Å². The second kappa shape index (κ2) is 9.01. The van der Waals surface area contributed by atoms with E-state index in [1.165, 1.54) is 16.4 Å². The first-order valence-electron chi connectivity index (χ1n) is 11.0. The van der Waals surface area contributed by atoms with Gasteiger partial charge in [-0.05, 0) is 30.5 Å². The molecule has 0 fully saturated rings. The molecular formula is C25H26N4O5. The molecule has 176 valence electrons. The number of H-pyrrole nitrogens is 1. The van der Waals surface area contributed by atoms with E-state index < -0.39 is 28.7 Å². The molecule has 3 N–H and O–H groups in total. The average Bonchev–Trinajstić information content (AvgIpc) is 2.81. The predicted octanol–water partition coefficient (Wildman–Crippen LogP) is 2.08. The number of nitrogens with one attached hydrogen (secondary N) is 1. The molecular weight excluding hydrogens is 436 g/mol. The fourth-order valence-corrected chi connectivity index (χ4v) is 4.24. The minimum Gasteiger partial charge on any atom is -0.445 e. The van der Waals surface area contributed by atoms with Crippen LogP contribution in [0.3, 0.4) is 0 Å². The summed E-state index contributed by atoms with van der Waals surface area (Å²) in [7, 11) is 0. The number of esters is 1. The largest absolute Gasteiger partial charge is 0.445 e. The molecule has 1 unspecified atom stereocenters. The highest BCUT2D eigenvalue weighted by atomic mass is 16.6. The fraction of sp³-hybridized carbons (Fsp3) is 0.280. The molecule has 0 saturated heterocycles. The topological polar surface area (TPSA) is 127 Å². The Morgan fingerprint density at radius 1 is 1.12 bits per heavy atom. The monoisotopic (exact) mass is 462 g/mol. The van der Waals surface area contributed by atoms with E-state index in [0.717, 1.165) is 5.56 Å². The van der Waals surface area contributed by atoms with Gasteiger partial charge in [0.2, 0.25) is 0 Å². The lowest BCUT2D eigenvalue weighted by Gasteiger charge is -2.37. The number of aromatic amines is 1. The van der Waals surface area contributed by atoms with Crippen LogP contribution in [0, 0.1) is 0 Å². The van der Waals surface area contributed by atoms with Crippen molar-refractivity contribution in [3.05, 3.63) is 92.1 Å². The molecule has 0 aliphatic carbocycles. The molecule has 1 atom stereocenters. The van der Waals surface area contributed by atoms with E-state index in [1.54, 1.807) is 24.3 Å². The highest BCUT2D eigenvalue weighted by Gasteiger charge is 2.46. The maximum absolute atomic E-state index is 13.8. The van der Waals surface area contributed by atoms with E-state index in [2.05, 4.69) is 4.98 Å². The number of benzene rings is 2. The number of ether oxygens (including phenoxy) is 1. The van der Waals surface area contributed by atoms with Crippen molar-refractivity contribution < 1.29 is 14.3 Å². The molecule has 2 heterocycles. The van der Waals surface area contributed by atoms with Gasteiger partial charge < -0.3 is 15.4 Å². The summed E-state index contributed by atoms with van der Waals surface area (Å²) in [5, 5.41) is 0. The Morgan fingerprint density at radius 3 is 2.50 bits per heavy atom. The fourth-order valence-electron chi connectivity index (χ4n) is 4.24. The summed E-state index contributed by atoms with van der Waals surface area (Å²) >= 11 is 0.